The second-order valence-corrected chi connectivity index (χ2v) is 17.1. The predicted octanol–water partition coefficient (Wildman–Crippen LogP) is 16.0. The fourth-order valence-corrected chi connectivity index (χ4v) is 10.3. The fraction of sp³-hybridized carbons (Fsp3) is 0. The summed E-state index contributed by atoms with van der Waals surface area (Å²) >= 11 is 0. The molecule has 0 bridgehead atoms. The first-order valence-corrected chi connectivity index (χ1v) is 22.1. The lowest BCUT2D eigenvalue weighted by atomic mass is 10.0. The molecular weight excluding hydrogens is 813 g/mol. The number of furan rings is 3. The molecule has 15 aromatic rings. The highest BCUT2D eigenvalue weighted by molar-refractivity contribution is 6.18. The Morgan fingerprint density at radius 3 is 1.55 bits per heavy atom. The van der Waals surface area contributed by atoms with Crippen molar-refractivity contribution in [3.8, 4) is 39.9 Å². The number of benzene rings is 10. The van der Waals surface area contributed by atoms with Gasteiger partial charge >= 0.3 is 0 Å². The third-order valence-corrected chi connectivity index (χ3v) is 13.4. The summed E-state index contributed by atoms with van der Waals surface area (Å²) in [5.41, 5.74) is 10.4. The van der Waals surface area contributed by atoms with Gasteiger partial charge in [-0.05, 0) is 101 Å². The number of aromatic nitrogens is 4. The van der Waals surface area contributed by atoms with Gasteiger partial charge in [0, 0.05) is 65.2 Å². The van der Waals surface area contributed by atoms with Crippen LogP contribution >= 0.6 is 0 Å². The Morgan fingerprint density at radius 1 is 0.303 bits per heavy atom. The zero-order valence-corrected chi connectivity index (χ0v) is 35.0. The molecule has 7 heteroatoms. The van der Waals surface area contributed by atoms with Gasteiger partial charge in [-0.2, -0.15) is 0 Å². The lowest BCUT2D eigenvalue weighted by Gasteiger charge is -2.15. The highest BCUT2D eigenvalue weighted by atomic mass is 16.3. The van der Waals surface area contributed by atoms with Gasteiger partial charge in [0.15, 0.2) is 17.5 Å². The molecule has 15 rings (SSSR count). The van der Waals surface area contributed by atoms with Crippen LogP contribution in [-0.4, -0.2) is 19.5 Å². The first kappa shape index (κ1) is 35.4. The van der Waals surface area contributed by atoms with Crippen molar-refractivity contribution in [2.45, 2.75) is 0 Å². The van der Waals surface area contributed by atoms with Crippen molar-refractivity contribution in [2.24, 2.45) is 0 Å². The molecule has 5 heterocycles. The minimum absolute atomic E-state index is 0.512. The number of para-hydroxylation sites is 3. The standard InChI is InChI=1S/C59H32N4O3/c1-2-13-35-30-49-43(27-34(35)12-1)39-15-5-8-18-48(39)63(49)50-31-46-42-24-21-33-11-3-4-14-38(33)56(42)66-55(46)32-47(50)59-61-57(36-22-25-53-44(28-36)40-16-6-9-19-51(40)64-53)60-58(62-59)37-23-26-54-45(29-37)41-17-7-10-20-52(41)65-54/h1-32H. The normalized spacial score (nSPS) is 12.2. The van der Waals surface area contributed by atoms with Crippen LogP contribution in [0.25, 0.3) is 149 Å². The molecule has 5 aromatic heterocycles. The SMILES string of the molecule is c1ccc2cc3c(cc2c1)c1ccccc1n3-c1cc2c(cc1-c1nc(-c3ccc4oc5ccccc5c4c3)nc(-c3ccc4oc5ccccc5c4c3)n1)oc1c3ccccc3ccc21. The van der Waals surface area contributed by atoms with Gasteiger partial charge < -0.3 is 17.8 Å². The number of nitrogens with zero attached hydrogens (tertiary/aromatic N) is 4. The van der Waals surface area contributed by atoms with Gasteiger partial charge in [0.25, 0.3) is 0 Å². The summed E-state index contributed by atoms with van der Waals surface area (Å²) < 4.78 is 21.8. The molecule has 66 heavy (non-hydrogen) atoms. The molecule has 0 radical (unpaired) electrons. The Labute approximate surface area is 374 Å². The van der Waals surface area contributed by atoms with E-state index in [9.17, 15) is 0 Å². The molecule has 0 unspecified atom stereocenters. The average Bonchev–Trinajstić information content (AvgIpc) is 4.13. The van der Waals surface area contributed by atoms with E-state index in [1.165, 1.54) is 5.39 Å². The van der Waals surface area contributed by atoms with Gasteiger partial charge in [-0.3, -0.25) is 0 Å². The van der Waals surface area contributed by atoms with Crippen molar-refractivity contribution in [3.63, 3.8) is 0 Å². The maximum Gasteiger partial charge on any atom is 0.166 e. The average molecular weight is 845 g/mol. The zero-order chi connectivity index (χ0) is 43.0. The summed E-state index contributed by atoms with van der Waals surface area (Å²) in [5, 5.41) is 12.9. The Balaban J connectivity index is 1.06. The molecule has 10 aromatic carbocycles. The number of rotatable bonds is 4. The van der Waals surface area contributed by atoms with E-state index in [1.807, 2.05) is 60.7 Å². The van der Waals surface area contributed by atoms with Gasteiger partial charge in [0.05, 0.1) is 16.7 Å². The Kier molecular flexibility index (Phi) is 7.10. The molecule has 0 saturated heterocycles. The van der Waals surface area contributed by atoms with E-state index in [2.05, 4.69) is 138 Å². The smallest absolute Gasteiger partial charge is 0.166 e. The molecule has 0 N–H and O–H groups in total. The molecule has 0 aliphatic rings. The van der Waals surface area contributed by atoms with E-state index in [1.54, 1.807) is 0 Å². The number of hydrogen-bond acceptors (Lipinski definition) is 6. The maximum atomic E-state index is 6.92. The third-order valence-electron chi connectivity index (χ3n) is 13.4. The first-order valence-electron chi connectivity index (χ1n) is 22.1. The van der Waals surface area contributed by atoms with Gasteiger partial charge in [-0.1, -0.05) is 109 Å². The largest absolute Gasteiger partial charge is 0.456 e. The van der Waals surface area contributed by atoms with Crippen molar-refractivity contribution in [3.05, 3.63) is 194 Å². The van der Waals surface area contributed by atoms with Crippen LogP contribution < -0.4 is 0 Å². The Morgan fingerprint density at radius 2 is 0.848 bits per heavy atom. The molecule has 0 aliphatic carbocycles. The molecule has 0 amide bonds. The molecule has 0 atom stereocenters. The summed E-state index contributed by atoms with van der Waals surface area (Å²) in [5.74, 6) is 1.58. The van der Waals surface area contributed by atoms with Gasteiger partial charge in [0.1, 0.15) is 33.5 Å². The minimum atomic E-state index is 0.512. The van der Waals surface area contributed by atoms with Crippen LogP contribution in [0.5, 0.6) is 0 Å². The van der Waals surface area contributed by atoms with Crippen LogP contribution in [0.1, 0.15) is 0 Å². The van der Waals surface area contributed by atoms with Crippen LogP contribution in [-0.2, 0) is 0 Å². The van der Waals surface area contributed by atoms with Crippen LogP contribution in [0.4, 0.5) is 0 Å². The van der Waals surface area contributed by atoms with E-state index in [4.69, 9.17) is 28.2 Å². The van der Waals surface area contributed by atoms with Crippen LogP contribution in [0, 0.1) is 0 Å². The summed E-state index contributed by atoms with van der Waals surface area (Å²) in [6.07, 6.45) is 0. The molecule has 0 spiro atoms. The maximum absolute atomic E-state index is 6.92. The van der Waals surface area contributed by atoms with E-state index >= 15 is 0 Å². The monoisotopic (exact) mass is 844 g/mol. The summed E-state index contributed by atoms with van der Waals surface area (Å²) in [6.45, 7) is 0. The summed E-state index contributed by atoms with van der Waals surface area (Å²) in [4.78, 5) is 16.2. The lowest BCUT2D eigenvalue weighted by Crippen LogP contribution is -2.04. The summed E-state index contributed by atoms with van der Waals surface area (Å²) in [7, 11) is 0. The van der Waals surface area contributed by atoms with Crippen molar-refractivity contribution in [2.75, 3.05) is 0 Å². The van der Waals surface area contributed by atoms with Crippen LogP contribution in [0.15, 0.2) is 207 Å². The topological polar surface area (TPSA) is 83.0 Å². The van der Waals surface area contributed by atoms with Crippen molar-refractivity contribution in [1.29, 1.82) is 0 Å². The number of hydrogen-bond donors (Lipinski definition) is 0. The first-order chi connectivity index (χ1) is 32.7. The van der Waals surface area contributed by atoms with Gasteiger partial charge in [-0.25, -0.2) is 15.0 Å². The quantitative estimate of drug-likeness (QED) is 0.175. The van der Waals surface area contributed by atoms with Crippen LogP contribution in [0.3, 0.4) is 0 Å². The molecule has 0 aliphatic heterocycles. The lowest BCUT2D eigenvalue weighted by molar-refractivity contribution is 0.668. The zero-order valence-electron chi connectivity index (χ0n) is 35.0. The van der Waals surface area contributed by atoms with Crippen molar-refractivity contribution < 1.29 is 13.3 Å². The Hall–Kier alpha value is -9.07. The van der Waals surface area contributed by atoms with E-state index in [0.717, 1.165) is 126 Å². The van der Waals surface area contributed by atoms with E-state index in [-0.39, 0.29) is 0 Å². The summed E-state index contributed by atoms with van der Waals surface area (Å²) in [6, 6.07) is 67.5. The molecule has 306 valence electrons. The number of fused-ring (bicyclic) bond motifs is 15. The van der Waals surface area contributed by atoms with Crippen LogP contribution in [0.2, 0.25) is 0 Å². The predicted molar refractivity (Wildman–Crippen MR) is 267 cm³/mol. The molecule has 0 fully saturated rings. The molecule has 0 saturated carbocycles. The minimum Gasteiger partial charge on any atom is -0.456 e. The van der Waals surface area contributed by atoms with Crippen molar-refractivity contribution >= 4 is 109 Å². The van der Waals surface area contributed by atoms with E-state index in [0.29, 0.717) is 17.5 Å². The van der Waals surface area contributed by atoms with Gasteiger partial charge in [-0.15, -0.1) is 0 Å². The second-order valence-electron chi connectivity index (χ2n) is 17.1. The van der Waals surface area contributed by atoms with Crippen molar-refractivity contribution in [1.82, 2.24) is 19.5 Å². The highest BCUT2D eigenvalue weighted by Crippen LogP contribution is 2.43. The second kappa shape index (κ2) is 13.2. The molecule has 7 nitrogen and oxygen atoms in total. The fourth-order valence-electron chi connectivity index (χ4n) is 10.3. The highest BCUT2D eigenvalue weighted by Gasteiger charge is 2.24. The molecular formula is C59H32N4O3. The Bertz CT molecular complexity index is 4420. The van der Waals surface area contributed by atoms with E-state index < -0.39 is 0 Å². The van der Waals surface area contributed by atoms with Gasteiger partial charge in [0.2, 0.25) is 0 Å². The third kappa shape index (κ3) is 5.10.